The third-order valence-corrected chi connectivity index (χ3v) is 3.82. The first-order chi connectivity index (χ1) is 10.1. The van der Waals surface area contributed by atoms with Crippen LogP contribution >= 0.6 is 0 Å². The number of aromatic nitrogens is 1. The predicted octanol–water partition coefficient (Wildman–Crippen LogP) is 2.04. The highest BCUT2D eigenvalue weighted by atomic mass is 16.4. The smallest absolute Gasteiger partial charge is 0.317 e. The van der Waals surface area contributed by atoms with Gasteiger partial charge in [-0.15, -0.1) is 0 Å². The molecule has 1 aliphatic heterocycles. The Labute approximate surface area is 124 Å². The number of nitrogens with zero attached hydrogens (tertiary/aromatic N) is 2. The van der Waals surface area contributed by atoms with Gasteiger partial charge in [0.1, 0.15) is 0 Å². The van der Waals surface area contributed by atoms with Gasteiger partial charge < -0.3 is 15.3 Å². The lowest BCUT2D eigenvalue weighted by molar-refractivity contribution is -0.138. The van der Waals surface area contributed by atoms with Crippen LogP contribution in [0, 0.1) is 5.92 Å². The molecule has 6 nitrogen and oxygen atoms in total. The van der Waals surface area contributed by atoms with Crippen LogP contribution < -0.4 is 5.32 Å². The van der Waals surface area contributed by atoms with Crippen molar-refractivity contribution in [2.24, 2.45) is 5.92 Å². The predicted molar refractivity (Wildman–Crippen MR) is 77.7 cm³/mol. The fourth-order valence-electron chi connectivity index (χ4n) is 2.68. The average molecular weight is 291 g/mol. The number of pyridine rings is 1. The van der Waals surface area contributed by atoms with Gasteiger partial charge in [-0.05, 0) is 43.4 Å². The van der Waals surface area contributed by atoms with Crippen LogP contribution in [0.2, 0.25) is 0 Å². The number of rotatable bonds is 4. The molecule has 21 heavy (non-hydrogen) atoms. The summed E-state index contributed by atoms with van der Waals surface area (Å²) in [5, 5.41) is 11.8. The van der Waals surface area contributed by atoms with Crippen LogP contribution in [0.3, 0.4) is 0 Å². The molecule has 2 rings (SSSR count). The lowest BCUT2D eigenvalue weighted by Gasteiger charge is -2.33. The largest absolute Gasteiger partial charge is 0.481 e. The van der Waals surface area contributed by atoms with Crippen molar-refractivity contribution in [1.82, 2.24) is 15.2 Å². The third kappa shape index (κ3) is 4.44. The number of carboxylic acid groups (broad SMARTS) is 1. The lowest BCUT2D eigenvalue weighted by atomic mass is 9.95. The summed E-state index contributed by atoms with van der Waals surface area (Å²) in [4.78, 5) is 28.7. The van der Waals surface area contributed by atoms with Gasteiger partial charge in [-0.2, -0.15) is 0 Å². The number of piperidine rings is 1. The highest BCUT2D eigenvalue weighted by Gasteiger charge is 2.25. The zero-order valence-corrected chi connectivity index (χ0v) is 12.2. The maximum absolute atomic E-state index is 12.3. The van der Waals surface area contributed by atoms with Crippen LogP contribution in [0.25, 0.3) is 0 Å². The van der Waals surface area contributed by atoms with Crippen molar-refractivity contribution in [3.05, 3.63) is 30.1 Å². The normalized spacial score (nSPS) is 19.9. The summed E-state index contributed by atoms with van der Waals surface area (Å²) < 4.78 is 0. The summed E-state index contributed by atoms with van der Waals surface area (Å²) in [5.41, 5.74) is 0.998. The highest BCUT2D eigenvalue weighted by Crippen LogP contribution is 2.20. The van der Waals surface area contributed by atoms with Gasteiger partial charge in [0.05, 0.1) is 6.04 Å². The van der Waals surface area contributed by atoms with Crippen LogP contribution in [-0.4, -0.2) is 40.1 Å². The van der Waals surface area contributed by atoms with E-state index in [9.17, 15) is 9.59 Å². The zero-order chi connectivity index (χ0) is 15.2. The quantitative estimate of drug-likeness (QED) is 0.889. The molecule has 0 spiro atoms. The van der Waals surface area contributed by atoms with E-state index in [0.29, 0.717) is 13.1 Å². The Bertz CT molecular complexity index is 492. The van der Waals surface area contributed by atoms with Crippen molar-refractivity contribution in [1.29, 1.82) is 0 Å². The number of aliphatic carboxylic acids is 1. The number of urea groups is 1. The van der Waals surface area contributed by atoms with Crippen LogP contribution in [0.4, 0.5) is 4.79 Å². The van der Waals surface area contributed by atoms with Crippen LogP contribution in [0.1, 0.15) is 37.8 Å². The number of carboxylic acids is 1. The topological polar surface area (TPSA) is 82.5 Å². The minimum absolute atomic E-state index is 0.0539. The van der Waals surface area contributed by atoms with Crippen LogP contribution in [0.5, 0.6) is 0 Å². The standard InChI is InChI=1S/C15H21N3O3/c1-11(13-4-6-16-7-5-13)17-15(21)18-8-2-3-12(10-18)9-14(19)20/h4-7,11-12H,2-3,8-10H2,1H3,(H,17,21)(H,19,20). The first kappa shape index (κ1) is 15.3. The molecule has 2 atom stereocenters. The molecule has 2 amide bonds. The summed E-state index contributed by atoms with van der Waals surface area (Å²) in [6.07, 6.45) is 5.25. The Morgan fingerprint density at radius 3 is 2.86 bits per heavy atom. The molecule has 1 aliphatic rings. The minimum atomic E-state index is -0.799. The number of carbonyl (C=O) groups is 2. The maximum Gasteiger partial charge on any atom is 0.317 e. The molecule has 0 aromatic carbocycles. The van der Waals surface area contributed by atoms with Crippen molar-refractivity contribution >= 4 is 12.0 Å². The number of likely N-dealkylation sites (tertiary alicyclic amines) is 1. The molecule has 0 saturated carbocycles. The molecule has 0 bridgehead atoms. The second kappa shape index (κ2) is 7.06. The van der Waals surface area contributed by atoms with E-state index in [4.69, 9.17) is 5.11 Å². The summed E-state index contributed by atoms with van der Waals surface area (Å²) in [6, 6.07) is 3.51. The first-order valence-corrected chi connectivity index (χ1v) is 7.23. The van der Waals surface area contributed by atoms with E-state index >= 15 is 0 Å². The Morgan fingerprint density at radius 2 is 2.19 bits per heavy atom. The van der Waals surface area contributed by atoms with Gasteiger partial charge in [0.2, 0.25) is 0 Å². The van der Waals surface area contributed by atoms with E-state index in [2.05, 4.69) is 10.3 Å². The summed E-state index contributed by atoms with van der Waals surface area (Å²) in [5.74, 6) is -0.745. The van der Waals surface area contributed by atoms with E-state index in [1.807, 2.05) is 19.1 Å². The molecule has 6 heteroatoms. The minimum Gasteiger partial charge on any atom is -0.481 e. The van der Waals surface area contributed by atoms with Gasteiger partial charge in [0.15, 0.2) is 0 Å². The van der Waals surface area contributed by atoms with Gasteiger partial charge in [-0.25, -0.2) is 4.79 Å². The second-order valence-electron chi connectivity index (χ2n) is 5.50. The molecular formula is C15H21N3O3. The molecule has 114 valence electrons. The lowest BCUT2D eigenvalue weighted by Crippen LogP contribution is -2.46. The summed E-state index contributed by atoms with van der Waals surface area (Å²) >= 11 is 0. The van der Waals surface area contributed by atoms with E-state index in [1.54, 1.807) is 17.3 Å². The Hall–Kier alpha value is -2.11. The van der Waals surface area contributed by atoms with E-state index < -0.39 is 5.97 Å². The van der Waals surface area contributed by atoms with Gasteiger partial charge >= 0.3 is 12.0 Å². The average Bonchev–Trinajstić information content (AvgIpc) is 2.47. The zero-order valence-electron chi connectivity index (χ0n) is 12.2. The number of amides is 2. The van der Waals surface area contributed by atoms with Gasteiger partial charge in [0, 0.05) is 31.9 Å². The van der Waals surface area contributed by atoms with E-state index in [1.165, 1.54) is 0 Å². The molecule has 1 saturated heterocycles. The summed E-state index contributed by atoms with van der Waals surface area (Å²) in [7, 11) is 0. The monoisotopic (exact) mass is 291 g/mol. The van der Waals surface area contributed by atoms with Gasteiger partial charge in [0.25, 0.3) is 0 Å². The molecule has 2 N–H and O–H groups in total. The van der Waals surface area contributed by atoms with Gasteiger partial charge in [-0.3, -0.25) is 9.78 Å². The number of carbonyl (C=O) groups excluding carboxylic acids is 1. The van der Waals surface area contributed by atoms with Crippen LogP contribution in [0.15, 0.2) is 24.5 Å². The molecule has 2 heterocycles. The third-order valence-electron chi connectivity index (χ3n) is 3.82. The number of nitrogens with one attached hydrogen (secondary N) is 1. The molecule has 1 aromatic heterocycles. The molecule has 2 unspecified atom stereocenters. The SMILES string of the molecule is CC(NC(=O)N1CCCC(CC(=O)O)C1)c1ccncc1. The highest BCUT2D eigenvalue weighted by molar-refractivity contribution is 5.75. The summed E-state index contributed by atoms with van der Waals surface area (Å²) in [6.45, 7) is 3.12. The van der Waals surface area contributed by atoms with Crippen molar-refractivity contribution in [3.8, 4) is 0 Å². The fourth-order valence-corrected chi connectivity index (χ4v) is 2.68. The van der Waals surface area contributed by atoms with Crippen LogP contribution in [-0.2, 0) is 4.79 Å². The molecule has 1 fully saturated rings. The molecular weight excluding hydrogens is 270 g/mol. The van der Waals surface area contributed by atoms with E-state index in [0.717, 1.165) is 18.4 Å². The number of hydrogen-bond donors (Lipinski definition) is 2. The van der Waals surface area contributed by atoms with Crippen molar-refractivity contribution in [3.63, 3.8) is 0 Å². The molecule has 0 aliphatic carbocycles. The van der Waals surface area contributed by atoms with Crippen molar-refractivity contribution in [2.45, 2.75) is 32.2 Å². The Morgan fingerprint density at radius 1 is 1.48 bits per heavy atom. The van der Waals surface area contributed by atoms with Gasteiger partial charge in [-0.1, -0.05) is 0 Å². The second-order valence-corrected chi connectivity index (χ2v) is 5.50. The van der Waals surface area contributed by atoms with Crippen molar-refractivity contribution < 1.29 is 14.7 Å². The molecule has 0 radical (unpaired) electrons. The maximum atomic E-state index is 12.3. The van der Waals surface area contributed by atoms with E-state index in [-0.39, 0.29) is 24.4 Å². The fraction of sp³-hybridized carbons (Fsp3) is 0.533. The van der Waals surface area contributed by atoms with Crippen molar-refractivity contribution in [2.75, 3.05) is 13.1 Å². The Balaban J connectivity index is 1.89. The molecule has 1 aromatic rings. The number of hydrogen-bond acceptors (Lipinski definition) is 3. The first-order valence-electron chi connectivity index (χ1n) is 7.23. The Kier molecular flexibility index (Phi) is 5.14.